The van der Waals surface area contributed by atoms with Gasteiger partial charge in [0.15, 0.2) is 5.76 Å². The fourth-order valence-corrected chi connectivity index (χ4v) is 2.95. The Labute approximate surface area is 108 Å². The van der Waals surface area contributed by atoms with Crippen molar-refractivity contribution in [1.29, 1.82) is 0 Å². The van der Waals surface area contributed by atoms with E-state index in [4.69, 9.17) is 10.2 Å². The van der Waals surface area contributed by atoms with Crippen LogP contribution in [-0.2, 0) is 0 Å². The van der Waals surface area contributed by atoms with Gasteiger partial charge in [0.1, 0.15) is 0 Å². The van der Waals surface area contributed by atoms with Crippen molar-refractivity contribution in [3.8, 4) is 0 Å². The number of nitrogens with two attached hydrogens (primary N) is 1. The van der Waals surface area contributed by atoms with Crippen LogP contribution in [0.4, 0.5) is 0 Å². The smallest absolute Gasteiger partial charge is 0.290 e. The van der Waals surface area contributed by atoms with Gasteiger partial charge in [-0.15, -0.1) is 0 Å². The minimum Gasteiger partial charge on any atom is -0.459 e. The first-order valence-electron chi connectivity index (χ1n) is 6.74. The normalized spacial score (nSPS) is 23.3. The van der Waals surface area contributed by atoms with Crippen LogP contribution in [0.2, 0.25) is 0 Å². The number of carbonyl (C=O) groups excluding carboxylic acids is 1. The predicted octanol–water partition coefficient (Wildman–Crippen LogP) is 2.18. The Balaban J connectivity index is 2.18. The number of furan rings is 1. The Kier molecular flexibility index (Phi) is 4.07. The molecule has 2 rings (SSSR count). The minimum atomic E-state index is 0.00495. The Morgan fingerprint density at radius 2 is 2.33 bits per heavy atom. The van der Waals surface area contributed by atoms with Crippen molar-refractivity contribution in [2.24, 2.45) is 11.7 Å². The number of nitrogens with zero attached hydrogens (tertiary/aromatic N) is 1. The van der Waals surface area contributed by atoms with Gasteiger partial charge < -0.3 is 15.1 Å². The van der Waals surface area contributed by atoms with Gasteiger partial charge in [-0.25, -0.2) is 0 Å². The van der Waals surface area contributed by atoms with E-state index in [1.165, 1.54) is 0 Å². The van der Waals surface area contributed by atoms with Gasteiger partial charge in [-0.3, -0.25) is 4.79 Å². The topological polar surface area (TPSA) is 59.5 Å². The van der Waals surface area contributed by atoms with Crippen molar-refractivity contribution < 1.29 is 9.21 Å². The second-order valence-electron chi connectivity index (χ2n) is 5.02. The average molecular weight is 250 g/mol. The summed E-state index contributed by atoms with van der Waals surface area (Å²) in [6.07, 6.45) is 4.92. The summed E-state index contributed by atoms with van der Waals surface area (Å²) in [5.41, 5.74) is 6.71. The summed E-state index contributed by atoms with van der Waals surface area (Å²) >= 11 is 0. The molecule has 2 N–H and O–H groups in total. The highest BCUT2D eigenvalue weighted by Crippen LogP contribution is 2.30. The maximum atomic E-state index is 12.5. The number of rotatable bonds is 4. The summed E-state index contributed by atoms with van der Waals surface area (Å²) in [5.74, 6) is 0.911. The van der Waals surface area contributed by atoms with Crippen LogP contribution >= 0.6 is 0 Å². The van der Waals surface area contributed by atoms with E-state index >= 15 is 0 Å². The number of aryl methyl sites for hydroxylation is 1. The van der Waals surface area contributed by atoms with E-state index in [0.29, 0.717) is 24.8 Å². The van der Waals surface area contributed by atoms with E-state index in [1.807, 2.05) is 24.8 Å². The standard InChI is InChI=1S/C14H22N2O2/c1-3-16(12-6-4-5-11(12)9-15)14(17)13-10(2)7-8-18-13/h7-8,11-12H,3-6,9,15H2,1-2H3. The van der Waals surface area contributed by atoms with Gasteiger partial charge in [0, 0.05) is 18.2 Å². The van der Waals surface area contributed by atoms with Crippen molar-refractivity contribution in [1.82, 2.24) is 4.90 Å². The number of carbonyl (C=O) groups is 1. The highest BCUT2D eigenvalue weighted by molar-refractivity contribution is 5.93. The van der Waals surface area contributed by atoms with Gasteiger partial charge in [-0.1, -0.05) is 6.42 Å². The van der Waals surface area contributed by atoms with Gasteiger partial charge in [0.2, 0.25) is 0 Å². The first kappa shape index (κ1) is 13.1. The summed E-state index contributed by atoms with van der Waals surface area (Å²) in [6.45, 7) is 5.29. The molecule has 1 aromatic rings. The molecule has 1 heterocycles. The lowest BCUT2D eigenvalue weighted by Crippen LogP contribution is -2.44. The summed E-state index contributed by atoms with van der Waals surface area (Å²) in [4.78, 5) is 14.4. The van der Waals surface area contributed by atoms with Crippen LogP contribution in [0.15, 0.2) is 16.7 Å². The minimum absolute atomic E-state index is 0.00495. The molecule has 1 aromatic heterocycles. The van der Waals surface area contributed by atoms with Crippen molar-refractivity contribution in [3.05, 3.63) is 23.7 Å². The van der Waals surface area contributed by atoms with Gasteiger partial charge in [0.05, 0.1) is 6.26 Å². The molecule has 2 atom stereocenters. The van der Waals surface area contributed by atoms with Crippen molar-refractivity contribution in [2.45, 2.75) is 39.2 Å². The van der Waals surface area contributed by atoms with E-state index in [-0.39, 0.29) is 11.9 Å². The maximum Gasteiger partial charge on any atom is 0.290 e. The Morgan fingerprint density at radius 3 is 2.89 bits per heavy atom. The van der Waals surface area contributed by atoms with E-state index in [0.717, 1.165) is 24.8 Å². The van der Waals surface area contributed by atoms with Gasteiger partial charge >= 0.3 is 0 Å². The molecule has 4 heteroatoms. The molecule has 0 bridgehead atoms. The molecule has 0 spiro atoms. The molecule has 0 saturated heterocycles. The van der Waals surface area contributed by atoms with Crippen LogP contribution in [0, 0.1) is 12.8 Å². The fraction of sp³-hybridized carbons (Fsp3) is 0.643. The molecule has 1 aliphatic rings. The van der Waals surface area contributed by atoms with Gasteiger partial charge in [-0.05, 0) is 45.2 Å². The van der Waals surface area contributed by atoms with Crippen LogP contribution in [0.1, 0.15) is 42.3 Å². The monoisotopic (exact) mass is 250 g/mol. The third kappa shape index (κ3) is 2.29. The maximum absolute atomic E-state index is 12.5. The number of amides is 1. The van der Waals surface area contributed by atoms with Crippen molar-refractivity contribution in [3.63, 3.8) is 0 Å². The Morgan fingerprint density at radius 1 is 1.56 bits per heavy atom. The molecule has 1 saturated carbocycles. The lowest BCUT2D eigenvalue weighted by atomic mass is 10.0. The molecule has 1 amide bonds. The van der Waals surface area contributed by atoms with Gasteiger partial charge in [0.25, 0.3) is 5.91 Å². The lowest BCUT2D eigenvalue weighted by molar-refractivity contribution is 0.0618. The van der Waals surface area contributed by atoms with E-state index in [2.05, 4.69) is 0 Å². The number of hydrogen-bond donors (Lipinski definition) is 1. The molecular weight excluding hydrogens is 228 g/mol. The van der Waals surface area contributed by atoms with Crippen LogP contribution in [0.3, 0.4) is 0 Å². The van der Waals surface area contributed by atoms with E-state index < -0.39 is 0 Å². The Hall–Kier alpha value is -1.29. The molecule has 0 aliphatic heterocycles. The van der Waals surface area contributed by atoms with E-state index in [1.54, 1.807) is 6.26 Å². The van der Waals surface area contributed by atoms with Crippen molar-refractivity contribution in [2.75, 3.05) is 13.1 Å². The van der Waals surface area contributed by atoms with Crippen LogP contribution < -0.4 is 5.73 Å². The highest BCUT2D eigenvalue weighted by atomic mass is 16.3. The lowest BCUT2D eigenvalue weighted by Gasteiger charge is -2.31. The summed E-state index contributed by atoms with van der Waals surface area (Å²) in [7, 11) is 0. The molecule has 4 nitrogen and oxygen atoms in total. The second kappa shape index (κ2) is 5.57. The molecule has 1 fully saturated rings. The van der Waals surface area contributed by atoms with Crippen molar-refractivity contribution >= 4 is 5.91 Å². The van der Waals surface area contributed by atoms with Crippen LogP contribution in [-0.4, -0.2) is 29.9 Å². The fourth-order valence-electron chi connectivity index (χ4n) is 2.95. The SMILES string of the molecule is CCN(C(=O)c1occc1C)C1CCCC1CN. The predicted molar refractivity (Wildman–Crippen MR) is 70.3 cm³/mol. The summed E-state index contributed by atoms with van der Waals surface area (Å²) in [5, 5.41) is 0. The first-order valence-corrected chi connectivity index (χ1v) is 6.74. The molecule has 1 aliphatic carbocycles. The summed E-state index contributed by atoms with van der Waals surface area (Å²) in [6, 6.07) is 2.10. The largest absolute Gasteiger partial charge is 0.459 e. The van der Waals surface area contributed by atoms with Crippen LogP contribution in [0.25, 0.3) is 0 Å². The third-order valence-corrected chi connectivity index (χ3v) is 3.98. The average Bonchev–Trinajstić information content (AvgIpc) is 2.98. The first-order chi connectivity index (χ1) is 8.69. The van der Waals surface area contributed by atoms with Gasteiger partial charge in [-0.2, -0.15) is 0 Å². The molecule has 0 aromatic carbocycles. The molecule has 18 heavy (non-hydrogen) atoms. The zero-order valence-electron chi connectivity index (χ0n) is 11.2. The number of hydrogen-bond acceptors (Lipinski definition) is 3. The molecule has 0 radical (unpaired) electrons. The second-order valence-corrected chi connectivity index (χ2v) is 5.02. The summed E-state index contributed by atoms with van der Waals surface area (Å²) < 4.78 is 5.31. The highest BCUT2D eigenvalue weighted by Gasteiger charge is 2.34. The van der Waals surface area contributed by atoms with Crippen LogP contribution in [0.5, 0.6) is 0 Å². The molecular formula is C14H22N2O2. The third-order valence-electron chi connectivity index (χ3n) is 3.98. The zero-order chi connectivity index (χ0) is 13.1. The quantitative estimate of drug-likeness (QED) is 0.891. The van der Waals surface area contributed by atoms with E-state index in [9.17, 15) is 4.79 Å². The Bertz CT molecular complexity index is 414. The molecule has 100 valence electrons. The molecule has 2 unspecified atom stereocenters. The zero-order valence-corrected chi connectivity index (χ0v) is 11.2.